The molecule has 1 aromatic carbocycles. The topological polar surface area (TPSA) is 46.3 Å². The molecule has 1 aromatic rings. The van der Waals surface area contributed by atoms with Crippen molar-refractivity contribution in [2.24, 2.45) is 11.7 Å². The van der Waals surface area contributed by atoms with Gasteiger partial charge in [0.05, 0.1) is 5.92 Å². The lowest BCUT2D eigenvalue weighted by Gasteiger charge is -2.36. The largest absolute Gasteiger partial charge is 0.340 e. The fourth-order valence-electron chi connectivity index (χ4n) is 3.04. The summed E-state index contributed by atoms with van der Waals surface area (Å²) in [6.07, 6.45) is 1.86. The second-order valence-electron chi connectivity index (χ2n) is 5.72. The van der Waals surface area contributed by atoms with Crippen LogP contribution in [0.5, 0.6) is 0 Å². The Labute approximate surface area is 115 Å². The number of likely N-dealkylation sites (tertiary alicyclic amines) is 1. The molecule has 0 aromatic heterocycles. The van der Waals surface area contributed by atoms with Gasteiger partial charge in [-0.25, -0.2) is 0 Å². The summed E-state index contributed by atoms with van der Waals surface area (Å²) in [4.78, 5) is 14.6. The summed E-state index contributed by atoms with van der Waals surface area (Å²) >= 11 is 0. The number of nitrogens with zero attached hydrogens (tertiary/aromatic N) is 1. The highest BCUT2D eigenvalue weighted by molar-refractivity contribution is 5.83. The van der Waals surface area contributed by atoms with Gasteiger partial charge >= 0.3 is 0 Å². The maximum absolute atomic E-state index is 12.7. The Kier molecular flexibility index (Phi) is 4.59. The number of nitrogens with two attached hydrogens (primary N) is 1. The van der Waals surface area contributed by atoms with Crippen LogP contribution in [0, 0.1) is 5.92 Å². The van der Waals surface area contributed by atoms with Gasteiger partial charge in [-0.3, -0.25) is 4.79 Å². The molecule has 2 N–H and O–H groups in total. The van der Waals surface area contributed by atoms with Crippen molar-refractivity contribution in [1.82, 2.24) is 4.90 Å². The summed E-state index contributed by atoms with van der Waals surface area (Å²) in [5.41, 5.74) is 7.15. The van der Waals surface area contributed by atoms with Crippen LogP contribution in [0.15, 0.2) is 30.3 Å². The Morgan fingerprint density at radius 1 is 1.37 bits per heavy atom. The molecule has 19 heavy (non-hydrogen) atoms. The molecule has 1 aliphatic heterocycles. The molecule has 3 nitrogen and oxygen atoms in total. The first-order chi connectivity index (χ1) is 9.11. The van der Waals surface area contributed by atoms with Crippen molar-refractivity contribution in [1.29, 1.82) is 0 Å². The fourth-order valence-corrected chi connectivity index (χ4v) is 3.04. The van der Waals surface area contributed by atoms with E-state index < -0.39 is 0 Å². The molecular weight excluding hydrogens is 236 g/mol. The monoisotopic (exact) mass is 260 g/mol. The minimum Gasteiger partial charge on any atom is -0.340 e. The smallest absolute Gasteiger partial charge is 0.230 e. The number of benzene rings is 1. The number of rotatable bonds is 3. The van der Waals surface area contributed by atoms with Crippen molar-refractivity contribution in [3.63, 3.8) is 0 Å². The average Bonchev–Trinajstić information content (AvgIpc) is 2.39. The van der Waals surface area contributed by atoms with Crippen LogP contribution in [0.1, 0.15) is 38.2 Å². The summed E-state index contributed by atoms with van der Waals surface area (Å²) in [5, 5.41) is 0. The Morgan fingerprint density at radius 3 is 2.63 bits per heavy atom. The molecule has 0 saturated carbocycles. The maximum atomic E-state index is 12.7. The van der Waals surface area contributed by atoms with Gasteiger partial charge in [-0.15, -0.1) is 0 Å². The van der Waals surface area contributed by atoms with E-state index in [0.29, 0.717) is 12.5 Å². The zero-order valence-electron chi connectivity index (χ0n) is 11.9. The molecule has 1 fully saturated rings. The van der Waals surface area contributed by atoms with Gasteiger partial charge < -0.3 is 10.6 Å². The third-order valence-corrected chi connectivity index (χ3v) is 3.91. The van der Waals surface area contributed by atoms with E-state index in [9.17, 15) is 4.79 Å². The summed E-state index contributed by atoms with van der Waals surface area (Å²) in [6.45, 7) is 5.79. The van der Waals surface area contributed by atoms with Crippen LogP contribution in [0.25, 0.3) is 0 Å². The highest BCUT2D eigenvalue weighted by Crippen LogP contribution is 2.25. The SMILES string of the molecule is CCC(C(=O)N1CC(C)CC(N)C1)c1ccccc1. The number of hydrogen-bond donors (Lipinski definition) is 1. The number of amides is 1. The zero-order chi connectivity index (χ0) is 13.8. The molecule has 3 heteroatoms. The standard InChI is InChI=1S/C16H24N2O/c1-3-15(13-7-5-4-6-8-13)16(19)18-10-12(2)9-14(17)11-18/h4-8,12,14-15H,3,9-11,17H2,1-2H3. The average molecular weight is 260 g/mol. The highest BCUT2D eigenvalue weighted by atomic mass is 16.2. The van der Waals surface area contributed by atoms with Crippen LogP contribution < -0.4 is 5.73 Å². The summed E-state index contributed by atoms with van der Waals surface area (Å²) < 4.78 is 0. The van der Waals surface area contributed by atoms with Crippen molar-refractivity contribution >= 4 is 5.91 Å². The molecule has 1 aliphatic rings. The molecule has 3 unspecified atom stereocenters. The van der Waals surface area contributed by atoms with E-state index in [-0.39, 0.29) is 17.9 Å². The summed E-state index contributed by atoms with van der Waals surface area (Å²) in [6, 6.07) is 10.2. The lowest BCUT2D eigenvalue weighted by molar-refractivity contribution is -0.135. The number of carbonyl (C=O) groups is 1. The molecule has 0 bridgehead atoms. The lowest BCUT2D eigenvalue weighted by atomic mass is 9.91. The second kappa shape index (κ2) is 6.20. The first-order valence-corrected chi connectivity index (χ1v) is 7.21. The van der Waals surface area contributed by atoms with E-state index in [2.05, 4.69) is 13.8 Å². The van der Waals surface area contributed by atoms with Gasteiger partial charge in [0.2, 0.25) is 5.91 Å². The van der Waals surface area contributed by atoms with Gasteiger partial charge in [0.1, 0.15) is 0 Å². The minimum absolute atomic E-state index is 0.0290. The summed E-state index contributed by atoms with van der Waals surface area (Å²) in [7, 11) is 0. The van der Waals surface area contributed by atoms with Crippen molar-refractivity contribution < 1.29 is 4.79 Å². The fraction of sp³-hybridized carbons (Fsp3) is 0.562. The molecule has 1 saturated heterocycles. The van der Waals surface area contributed by atoms with Crippen molar-refractivity contribution in [2.45, 2.75) is 38.6 Å². The van der Waals surface area contributed by atoms with Gasteiger partial charge in [0.25, 0.3) is 0 Å². The van der Waals surface area contributed by atoms with E-state index in [1.807, 2.05) is 35.2 Å². The molecule has 2 rings (SSSR count). The van der Waals surface area contributed by atoms with Crippen molar-refractivity contribution in [3.05, 3.63) is 35.9 Å². The predicted molar refractivity (Wildman–Crippen MR) is 77.8 cm³/mol. The Balaban J connectivity index is 2.13. The molecule has 0 spiro atoms. The lowest BCUT2D eigenvalue weighted by Crippen LogP contribution is -2.50. The first-order valence-electron chi connectivity index (χ1n) is 7.21. The number of piperidine rings is 1. The molecule has 0 radical (unpaired) electrons. The molecule has 1 amide bonds. The molecular formula is C16H24N2O. The van der Waals surface area contributed by atoms with Crippen LogP contribution in [-0.2, 0) is 4.79 Å². The molecule has 0 aliphatic carbocycles. The van der Waals surface area contributed by atoms with Crippen LogP contribution in [-0.4, -0.2) is 29.9 Å². The predicted octanol–water partition coefficient (Wildman–Crippen LogP) is 2.38. The van der Waals surface area contributed by atoms with E-state index in [1.54, 1.807) is 0 Å². The Morgan fingerprint density at radius 2 is 2.05 bits per heavy atom. The highest BCUT2D eigenvalue weighted by Gasteiger charge is 2.30. The minimum atomic E-state index is -0.0290. The van der Waals surface area contributed by atoms with E-state index >= 15 is 0 Å². The molecule has 3 atom stereocenters. The summed E-state index contributed by atoms with van der Waals surface area (Å²) in [5.74, 6) is 0.704. The number of carbonyl (C=O) groups excluding carboxylic acids is 1. The van der Waals surface area contributed by atoms with Gasteiger partial charge in [0.15, 0.2) is 0 Å². The zero-order valence-corrected chi connectivity index (χ0v) is 11.9. The number of hydrogen-bond acceptors (Lipinski definition) is 2. The normalized spacial score (nSPS) is 25.1. The van der Waals surface area contributed by atoms with Gasteiger partial charge in [0, 0.05) is 19.1 Å². The third kappa shape index (κ3) is 3.35. The Bertz CT molecular complexity index is 408. The Hall–Kier alpha value is -1.35. The van der Waals surface area contributed by atoms with E-state index in [4.69, 9.17) is 5.73 Å². The van der Waals surface area contributed by atoms with Crippen LogP contribution in [0.2, 0.25) is 0 Å². The van der Waals surface area contributed by atoms with Crippen LogP contribution in [0.3, 0.4) is 0 Å². The van der Waals surface area contributed by atoms with Gasteiger partial charge in [-0.05, 0) is 24.3 Å². The first kappa shape index (κ1) is 14.1. The van der Waals surface area contributed by atoms with Gasteiger partial charge in [-0.1, -0.05) is 44.2 Å². The van der Waals surface area contributed by atoms with E-state index in [1.165, 1.54) is 0 Å². The van der Waals surface area contributed by atoms with Crippen LogP contribution >= 0.6 is 0 Å². The van der Waals surface area contributed by atoms with Crippen molar-refractivity contribution in [3.8, 4) is 0 Å². The van der Waals surface area contributed by atoms with Gasteiger partial charge in [-0.2, -0.15) is 0 Å². The molecule has 1 heterocycles. The quantitative estimate of drug-likeness (QED) is 0.907. The second-order valence-corrected chi connectivity index (χ2v) is 5.72. The molecule has 104 valence electrons. The van der Waals surface area contributed by atoms with Crippen LogP contribution in [0.4, 0.5) is 0 Å². The third-order valence-electron chi connectivity index (χ3n) is 3.91. The van der Waals surface area contributed by atoms with Crippen molar-refractivity contribution in [2.75, 3.05) is 13.1 Å². The van der Waals surface area contributed by atoms with E-state index in [0.717, 1.165) is 24.9 Å². The maximum Gasteiger partial charge on any atom is 0.230 e.